The third kappa shape index (κ3) is 3.74. The summed E-state index contributed by atoms with van der Waals surface area (Å²) in [6.07, 6.45) is -1.26. The molecule has 8 nitrogen and oxygen atoms in total. The summed E-state index contributed by atoms with van der Waals surface area (Å²) in [6.45, 7) is 0.172. The standard InChI is InChI=1S/C17H17N3O5S/c21-16(18-10-9-11-5-1-2-6-12(11)17(22)23)15-19-13-7-3-4-8-14(13)26(24,25)20-15/h1-8,17,22-23H,9-10H2,(H,18,21)(H,19,20). The molecular formula is C17H17N3O5S. The molecule has 0 saturated heterocycles. The Labute approximate surface area is 150 Å². The fourth-order valence-corrected chi connectivity index (χ4v) is 3.74. The van der Waals surface area contributed by atoms with Gasteiger partial charge in [0.05, 0.1) is 5.69 Å². The van der Waals surface area contributed by atoms with Crippen LogP contribution in [0.25, 0.3) is 0 Å². The fraction of sp³-hybridized carbons (Fsp3) is 0.176. The topological polar surface area (TPSA) is 128 Å². The zero-order valence-electron chi connectivity index (χ0n) is 13.6. The maximum Gasteiger partial charge on any atom is 0.287 e. The minimum atomic E-state index is -3.93. The Kier molecular flexibility index (Phi) is 5.03. The first-order valence-corrected chi connectivity index (χ1v) is 9.25. The number of nitrogens with zero attached hydrogens (tertiary/aromatic N) is 1. The van der Waals surface area contributed by atoms with E-state index in [9.17, 15) is 23.4 Å². The summed E-state index contributed by atoms with van der Waals surface area (Å²) in [6, 6.07) is 12.9. The van der Waals surface area contributed by atoms with E-state index in [0.29, 0.717) is 23.2 Å². The molecule has 2 aromatic carbocycles. The van der Waals surface area contributed by atoms with Crippen LogP contribution in [0.5, 0.6) is 0 Å². The number of aliphatic hydroxyl groups excluding tert-OH is 1. The molecule has 3 rings (SSSR count). The summed E-state index contributed by atoms with van der Waals surface area (Å²) in [7, 11) is -3.93. The van der Waals surface area contributed by atoms with Gasteiger partial charge < -0.3 is 20.8 Å². The van der Waals surface area contributed by atoms with Gasteiger partial charge in [0.2, 0.25) is 5.84 Å². The molecule has 136 valence electrons. The molecule has 4 N–H and O–H groups in total. The Morgan fingerprint density at radius 2 is 1.81 bits per heavy atom. The van der Waals surface area contributed by atoms with Crippen LogP contribution in [0.2, 0.25) is 0 Å². The number of amidine groups is 1. The van der Waals surface area contributed by atoms with Crippen LogP contribution in [0, 0.1) is 0 Å². The van der Waals surface area contributed by atoms with Crippen molar-refractivity contribution in [1.82, 2.24) is 5.32 Å². The van der Waals surface area contributed by atoms with Crippen molar-refractivity contribution in [2.75, 3.05) is 11.9 Å². The number of benzene rings is 2. The lowest BCUT2D eigenvalue weighted by atomic mass is 10.0. The van der Waals surface area contributed by atoms with E-state index >= 15 is 0 Å². The molecule has 2 aromatic rings. The van der Waals surface area contributed by atoms with Crippen molar-refractivity contribution in [2.24, 2.45) is 4.40 Å². The van der Waals surface area contributed by atoms with Crippen LogP contribution < -0.4 is 10.6 Å². The van der Waals surface area contributed by atoms with Gasteiger partial charge in [-0.25, -0.2) is 0 Å². The molecule has 0 fully saturated rings. The van der Waals surface area contributed by atoms with Crippen LogP contribution in [0.3, 0.4) is 0 Å². The smallest absolute Gasteiger partial charge is 0.287 e. The normalized spacial score (nSPS) is 15.0. The molecular weight excluding hydrogens is 358 g/mol. The number of anilines is 1. The molecule has 0 spiro atoms. The molecule has 1 aliphatic heterocycles. The molecule has 0 saturated carbocycles. The lowest BCUT2D eigenvalue weighted by Gasteiger charge is -2.17. The Bertz CT molecular complexity index is 970. The Hall–Kier alpha value is -2.75. The molecule has 0 atom stereocenters. The number of nitrogens with one attached hydrogen (secondary N) is 2. The van der Waals surface area contributed by atoms with Gasteiger partial charge in [-0.15, -0.1) is 4.40 Å². The molecule has 1 aliphatic rings. The maximum absolute atomic E-state index is 12.2. The van der Waals surface area contributed by atoms with Gasteiger partial charge in [-0.1, -0.05) is 36.4 Å². The molecule has 1 amide bonds. The minimum absolute atomic E-state index is 0.0161. The average molecular weight is 375 g/mol. The van der Waals surface area contributed by atoms with E-state index in [1.165, 1.54) is 6.07 Å². The van der Waals surface area contributed by atoms with Gasteiger partial charge in [0.1, 0.15) is 4.90 Å². The molecule has 0 aliphatic carbocycles. The Morgan fingerprint density at radius 3 is 2.58 bits per heavy atom. The number of carbonyl (C=O) groups is 1. The van der Waals surface area contributed by atoms with Gasteiger partial charge in [0.25, 0.3) is 15.9 Å². The van der Waals surface area contributed by atoms with E-state index in [-0.39, 0.29) is 17.3 Å². The zero-order valence-corrected chi connectivity index (χ0v) is 14.4. The van der Waals surface area contributed by atoms with Crippen molar-refractivity contribution < 1.29 is 23.4 Å². The highest BCUT2D eigenvalue weighted by atomic mass is 32.2. The second-order valence-electron chi connectivity index (χ2n) is 5.61. The highest BCUT2D eigenvalue weighted by Gasteiger charge is 2.27. The number of hydrogen-bond acceptors (Lipinski definition) is 6. The molecule has 1 heterocycles. The first kappa shape index (κ1) is 18.1. The number of para-hydroxylation sites is 1. The average Bonchev–Trinajstić information content (AvgIpc) is 2.61. The predicted octanol–water partition coefficient (Wildman–Crippen LogP) is 0.541. The van der Waals surface area contributed by atoms with Crippen LogP contribution in [0.1, 0.15) is 17.4 Å². The highest BCUT2D eigenvalue weighted by molar-refractivity contribution is 7.90. The molecule has 0 radical (unpaired) electrons. The van der Waals surface area contributed by atoms with Crippen LogP contribution in [-0.4, -0.2) is 36.9 Å². The van der Waals surface area contributed by atoms with Gasteiger partial charge in [0, 0.05) is 12.1 Å². The van der Waals surface area contributed by atoms with E-state index in [0.717, 1.165) is 0 Å². The van der Waals surface area contributed by atoms with Gasteiger partial charge >= 0.3 is 0 Å². The van der Waals surface area contributed by atoms with Gasteiger partial charge in [-0.05, 0) is 24.1 Å². The SMILES string of the molecule is O=C(NCCc1ccccc1C(O)O)C1=NS(=O)(=O)c2ccccc2N1. The predicted molar refractivity (Wildman–Crippen MR) is 95.0 cm³/mol. The number of fused-ring (bicyclic) bond motifs is 1. The van der Waals surface area contributed by atoms with Crippen LogP contribution in [0.4, 0.5) is 5.69 Å². The van der Waals surface area contributed by atoms with Gasteiger partial charge in [-0.3, -0.25) is 4.79 Å². The van der Waals surface area contributed by atoms with Crippen molar-refractivity contribution in [3.05, 3.63) is 59.7 Å². The fourth-order valence-electron chi connectivity index (χ4n) is 2.62. The Morgan fingerprint density at radius 1 is 1.12 bits per heavy atom. The third-order valence-corrected chi connectivity index (χ3v) is 5.19. The van der Waals surface area contributed by atoms with E-state index in [1.807, 2.05) is 0 Å². The lowest BCUT2D eigenvalue weighted by molar-refractivity contribution is -0.114. The van der Waals surface area contributed by atoms with Gasteiger partial charge in [-0.2, -0.15) is 8.42 Å². The number of sulfonamides is 1. The van der Waals surface area contributed by atoms with Crippen LogP contribution in [0.15, 0.2) is 57.8 Å². The summed E-state index contributed by atoms with van der Waals surface area (Å²) in [5, 5.41) is 24.0. The van der Waals surface area contributed by atoms with E-state index in [1.54, 1.807) is 42.5 Å². The lowest BCUT2D eigenvalue weighted by Crippen LogP contribution is -2.39. The molecule has 26 heavy (non-hydrogen) atoms. The first-order valence-electron chi connectivity index (χ1n) is 7.81. The van der Waals surface area contributed by atoms with Gasteiger partial charge in [0.15, 0.2) is 6.29 Å². The van der Waals surface area contributed by atoms with Crippen molar-refractivity contribution in [1.29, 1.82) is 0 Å². The second kappa shape index (κ2) is 7.24. The summed E-state index contributed by atoms with van der Waals surface area (Å²) in [5.74, 6) is -0.968. The second-order valence-corrected chi connectivity index (χ2v) is 7.19. The number of hydrogen-bond donors (Lipinski definition) is 4. The molecule has 0 unspecified atom stereocenters. The molecule has 0 aromatic heterocycles. The minimum Gasteiger partial charge on any atom is -0.364 e. The number of carbonyl (C=O) groups excluding carboxylic acids is 1. The quantitative estimate of drug-likeness (QED) is 0.565. The molecule has 0 bridgehead atoms. The first-order chi connectivity index (χ1) is 12.4. The summed E-state index contributed by atoms with van der Waals surface area (Å²) >= 11 is 0. The van der Waals surface area contributed by atoms with Crippen molar-refractivity contribution in [2.45, 2.75) is 17.6 Å². The van der Waals surface area contributed by atoms with E-state index in [2.05, 4.69) is 15.0 Å². The van der Waals surface area contributed by atoms with E-state index in [4.69, 9.17) is 0 Å². The number of amides is 1. The summed E-state index contributed by atoms with van der Waals surface area (Å²) < 4.78 is 27.8. The van der Waals surface area contributed by atoms with Crippen molar-refractivity contribution in [3.8, 4) is 0 Å². The van der Waals surface area contributed by atoms with Crippen LogP contribution >= 0.6 is 0 Å². The monoisotopic (exact) mass is 375 g/mol. The zero-order chi connectivity index (χ0) is 18.7. The Balaban J connectivity index is 1.68. The summed E-state index contributed by atoms with van der Waals surface area (Å²) in [5.41, 5.74) is 1.31. The molecule has 9 heteroatoms. The third-order valence-electron chi connectivity index (χ3n) is 3.86. The number of rotatable bonds is 5. The van der Waals surface area contributed by atoms with Crippen LogP contribution in [-0.2, 0) is 21.2 Å². The van der Waals surface area contributed by atoms with Crippen molar-refractivity contribution >= 4 is 27.5 Å². The summed E-state index contributed by atoms with van der Waals surface area (Å²) in [4.78, 5) is 12.3. The van der Waals surface area contributed by atoms with Crippen molar-refractivity contribution in [3.63, 3.8) is 0 Å². The largest absolute Gasteiger partial charge is 0.364 e. The maximum atomic E-state index is 12.2. The number of aliphatic hydroxyl groups is 2. The highest BCUT2D eigenvalue weighted by Crippen LogP contribution is 2.26. The van der Waals surface area contributed by atoms with E-state index < -0.39 is 22.2 Å².